The Labute approximate surface area is 115 Å². The molecule has 0 aromatic carbocycles. The average Bonchev–Trinajstić information content (AvgIpc) is 2.69. The molecule has 4 nitrogen and oxygen atoms in total. The van der Waals surface area contributed by atoms with Crippen molar-refractivity contribution in [3.8, 4) is 0 Å². The van der Waals surface area contributed by atoms with Gasteiger partial charge in [0.05, 0.1) is 5.69 Å². The number of amides is 1. The molecule has 2 heterocycles. The Bertz CT molecular complexity index is 431. The highest BCUT2D eigenvalue weighted by molar-refractivity contribution is 5.76. The van der Waals surface area contributed by atoms with Crippen LogP contribution in [0.25, 0.3) is 0 Å². The predicted octanol–water partition coefficient (Wildman–Crippen LogP) is 2.54. The third-order valence-electron chi connectivity index (χ3n) is 3.97. The molecule has 0 N–H and O–H groups in total. The molecule has 1 amide bonds. The number of piperidine rings is 1. The molecule has 0 saturated carbocycles. The number of nitrogens with zero attached hydrogens (tertiary/aromatic N) is 3. The molecule has 1 aliphatic rings. The minimum absolute atomic E-state index is 0.326. The second-order valence-electron chi connectivity index (χ2n) is 5.68. The molecule has 2 rings (SSSR count). The van der Waals surface area contributed by atoms with Crippen molar-refractivity contribution < 1.29 is 4.79 Å². The Hall–Kier alpha value is -1.32. The summed E-state index contributed by atoms with van der Waals surface area (Å²) in [5.74, 6) is 0.982. The lowest BCUT2D eigenvalue weighted by Crippen LogP contribution is -2.39. The van der Waals surface area contributed by atoms with Crippen LogP contribution in [0, 0.1) is 19.8 Å². The molecule has 0 spiro atoms. The van der Waals surface area contributed by atoms with E-state index < -0.39 is 0 Å². The molecule has 1 fully saturated rings. The highest BCUT2D eigenvalue weighted by Gasteiger charge is 2.22. The Morgan fingerprint density at radius 1 is 1.37 bits per heavy atom. The minimum atomic E-state index is 0.326. The Kier molecular flexibility index (Phi) is 4.61. The smallest absolute Gasteiger partial charge is 0.222 e. The SMILES string of the molecule is CCCC(=O)N1CCC(Cn2nc(C)cc2C)CC1. The number of hydrogen-bond donors (Lipinski definition) is 0. The number of hydrogen-bond acceptors (Lipinski definition) is 2. The van der Waals surface area contributed by atoms with Gasteiger partial charge in [0.2, 0.25) is 5.91 Å². The van der Waals surface area contributed by atoms with Crippen LogP contribution in [0.1, 0.15) is 44.0 Å². The van der Waals surface area contributed by atoms with Crippen molar-refractivity contribution in [1.29, 1.82) is 0 Å². The third-order valence-corrected chi connectivity index (χ3v) is 3.97. The van der Waals surface area contributed by atoms with Crippen LogP contribution in [0.4, 0.5) is 0 Å². The molecule has 4 heteroatoms. The van der Waals surface area contributed by atoms with Gasteiger partial charge in [-0.25, -0.2) is 0 Å². The van der Waals surface area contributed by atoms with E-state index in [0.29, 0.717) is 18.2 Å². The molecule has 1 aromatic rings. The van der Waals surface area contributed by atoms with Crippen molar-refractivity contribution >= 4 is 5.91 Å². The molecule has 1 aliphatic heterocycles. The van der Waals surface area contributed by atoms with Crippen molar-refractivity contribution in [2.75, 3.05) is 13.1 Å². The normalized spacial score (nSPS) is 16.9. The largest absolute Gasteiger partial charge is 0.343 e. The zero-order chi connectivity index (χ0) is 13.8. The van der Waals surface area contributed by atoms with Gasteiger partial charge in [-0.3, -0.25) is 9.48 Å². The van der Waals surface area contributed by atoms with E-state index in [9.17, 15) is 4.79 Å². The van der Waals surface area contributed by atoms with Crippen molar-refractivity contribution in [1.82, 2.24) is 14.7 Å². The summed E-state index contributed by atoms with van der Waals surface area (Å²) in [7, 11) is 0. The van der Waals surface area contributed by atoms with E-state index in [-0.39, 0.29) is 0 Å². The quantitative estimate of drug-likeness (QED) is 0.837. The van der Waals surface area contributed by atoms with Gasteiger partial charge in [-0.15, -0.1) is 0 Å². The molecule has 106 valence electrons. The maximum absolute atomic E-state index is 11.8. The monoisotopic (exact) mass is 263 g/mol. The zero-order valence-electron chi connectivity index (χ0n) is 12.4. The highest BCUT2D eigenvalue weighted by Crippen LogP contribution is 2.20. The lowest BCUT2D eigenvalue weighted by atomic mass is 9.96. The van der Waals surface area contributed by atoms with Crippen molar-refractivity contribution in [2.45, 2.75) is 53.0 Å². The Morgan fingerprint density at radius 3 is 2.58 bits per heavy atom. The predicted molar refractivity (Wildman–Crippen MR) is 75.9 cm³/mol. The molecule has 1 aromatic heterocycles. The average molecular weight is 263 g/mol. The maximum Gasteiger partial charge on any atom is 0.222 e. The topological polar surface area (TPSA) is 38.1 Å². The van der Waals surface area contributed by atoms with Gasteiger partial charge in [0, 0.05) is 31.7 Å². The molecular weight excluding hydrogens is 238 g/mol. The van der Waals surface area contributed by atoms with E-state index in [1.54, 1.807) is 0 Å². The van der Waals surface area contributed by atoms with Crippen molar-refractivity contribution in [2.24, 2.45) is 5.92 Å². The van der Waals surface area contributed by atoms with Crippen LogP contribution in [0.2, 0.25) is 0 Å². The minimum Gasteiger partial charge on any atom is -0.343 e. The van der Waals surface area contributed by atoms with Gasteiger partial charge in [0.1, 0.15) is 0 Å². The highest BCUT2D eigenvalue weighted by atomic mass is 16.2. The van der Waals surface area contributed by atoms with Gasteiger partial charge < -0.3 is 4.90 Å². The number of carbonyl (C=O) groups excluding carboxylic acids is 1. The molecule has 0 atom stereocenters. The van der Waals surface area contributed by atoms with Gasteiger partial charge >= 0.3 is 0 Å². The summed E-state index contributed by atoms with van der Waals surface area (Å²) in [5, 5.41) is 4.52. The number of aromatic nitrogens is 2. The third kappa shape index (κ3) is 3.58. The van der Waals surface area contributed by atoms with E-state index in [1.807, 2.05) is 11.8 Å². The molecule has 1 saturated heterocycles. The van der Waals surface area contributed by atoms with E-state index in [2.05, 4.69) is 29.7 Å². The van der Waals surface area contributed by atoms with Crippen LogP contribution in [0.15, 0.2) is 6.07 Å². The van der Waals surface area contributed by atoms with Crippen LogP contribution < -0.4 is 0 Å². The van der Waals surface area contributed by atoms with Crippen LogP contribution in [0.3, 0.4) is 0 Å². The first-order chi connectivity index (χ1) is 9.10. The van der Waals surface area contributed by atoms with Crippen LogP contribution in [0.5, 0.6) is 0 Å². The lowest BCUT2D eigenvalue weighted by molar-refractivity contribution is -0.132. The first-order valence-electron chi connectivity index (χ1n) is 7.39. The summed E-state index contributed by atoms with van der Waals surface area (Å²) in [6.07, 6.45) is 3.86. The molecule has 0 radical (unpaired) electrons. The van der Waals surface area contributed by atoms with Gasteiger partial charge in [0.25, 0.3) is 0 Å². The zero-order valence-corrected chi connectivity index (χ0v) is 12.4. The lowest BCUT2D eigenvalue weighted by Gasteiger charge is -2.32. The fraction of sp³-hybridized carbons (Fsp3) is 0.733. The number of carbonyl (C=O) groups is 1. The van der Waals surface area contributed by atoms with Crippen molar-refractivity contribution in [3.63, 3.8) is 0 Å². The van der Waals surface area contributed by atoms with Crippen molar-refractivity contribution in [3.05, 3.63) is 17.5 Å². The first-order valence-corrected chi connectivity index (χ1v) is 7.39. The van der Waals surface area contributed by atoms with Gasteiger partial charge in [-0.1, -0.05) is 6.92 Å². The molecule has 19 heavy (non-hydrogen) atoms. The van der Waals surface area contributed by atoms with E-state index in [1.165, 1.54) is 5.69 Å². The fourth-order valence-corrected chi connectivity index (χ4v) is 2.84. The summed E-state index contributed by atoms with van der Waals surface area (Å²) in [6.45, 7) is 9.05. The molecule has 0 aliphatic carbocycles. The summed E-state index contributed by atoms with van der Waals surface area (Å²) in [4.78, 5) is 13.9. The van der Waals surface area contributed by atoms with Crippen LogP contribution in [-0.4, -0.2) is 33.7 Å². The van der Waals surface area contributed by atoms with Gasteiger partial charge in [-0.05, 0) is 45.1 Å². The summed E-state index contributed by atoms with van der Waals surface area (Å²) in [6, 6.07) is 2.12. The van der Waals surface area contributed by atoms with Gasteiger partial charge in [-0.2, -0.15) is 5.10 Å². The van der Waals surface area contributed by atoms with E-state index in [0.717, 1.165) is 44.6 Å². The van der Waals surface area contributed by atoms with Gasteiger partial charge in [0.15, 0.2) is 0 Å². The fourth-order valence-electron chi connectivity index (χ4n) is 2.84. The Morgan fingerprint density at radius 2 is 2.05 bits per heavy atom. The van der Waals surface area contributed by atoms with E-state index in [4.69, 9.17) is 0 Å². The summed E-state index contributed by atoms with van der Waals surface area (Å²) >= 11 is 0. The second kappa shape index (κ2) is 6.22. The number of likely N-dealkylation sites (tertiary alicyclic amines) is 1. The number of rotatable bonds is 4. The second-order valence-corrected chi connectivity index (χ2v) is 5.68. The van der Waals surface area contributed by atoms with E-state index >= 15 is 0 Å². The maximum atomic E-state index is 11.8. The standard InChI is InChI=1S/C15H25N3O/c1-4-5-15(19)17-8-6-14(7-9-17)11-18-13(3)10-12(2)16-18/h10,14H,4-9,11H2,1-3H3. The molecule has 0 bridgehead atoms. The summed E-state index contributed by atoms with van der Waals surface area (Å²) < 4.78 is 2.11. The molecular formula is C15H25N3O. The summed E-state index contributed by atoms with van der Waals surface area (Å²) in [5.41, 5.74) is 2.33. The first kappa shape index (κ1) is 14.1. The number of aryl methyl sites for hydroxylation is 2. The Balaban J connectivity index is 1.83. The molecule has 0 unspecified atom stereocenters. The van der Waals surface area contributed by atoms with Crippen LogP contribution >= 0.6 is 0 Å². The van der Waals surface area contributed by atoms with Crippen LogP contribution in [-0.2, 0) is 11.3 Å².